The molecule has 0 aromatic heterocycles. The van der Waals surface area contributed by atoms with E-state index in [2.05, 4.69) is 0 Å². The molecule has 0 amide bonds. The minimum Gasteiger partial charge on any atom is -0.497 e. The van der Waals surface area contributed by atoms with Crippen LogP contribution in [0.5, 0.6) is 5.75 Å². The highest BCUT2D eigenvalue weighted by Crippen LogP contribution is 2.43. The third kappa shape index (κ3) is 2.58. The average Bonchev–Trinajstić information content (AvgIpc) is 2.81. The lowest BCUT2D eigenvalue weighted by molar-refractivity contribution is -0.160. The van der Waals surface area contributed by atoms with E-state index in [-0.39, 0.29) is 18.6 Å². The number of ether oxygens (including phenoxy) is 2. The van der Waals surface area contributed by atoms with Gasteiger partial charge in [-0.2, -0.15) is 0 Å². The summed E-state index contributed by atoms with van der Waals surface area (Å²) in [6.07, 6.45) is -2.12. The molecule has 0 bridgehead atoms. The Hall–Kier alpha value is -1.98. The highest BCUT2D eigenvalue weighted by molar-refractivity contribution is 6.16. The number of benzene rings is 1. The molecule has 22 heavy (non-hydrogen) atoms. The molecule has 0 heterocycles. The number of unbranched alkanes of at least 4 members (excludes halogenated alkanes) is 1. The lowest BCUT2D eigenvalue weighted by Crippen LogP contribution is -2.45. The Kier molecular flexibility index (Phi) is 4.78. The van der Waals surface area contributed by atoms with Crippen LogP contribution in [-0.4, -0.2) is 31.9 Å². The fourth-order valence-electron chi connectivity index (χ4n) is 2.54. The van der Waals surface area contributed by atoms with E-state index < -0.39 is 23.6 Å². The fraction of sp³-hybridized carbons (Fsp3) is 0.500. The Bertz CT molecular complexity index is 586. The van der Waals surface area contributed by atoms with Crippen LogP contribution in [0, 0.1) is 5.41 Å². The topological polar surface area (TPSA) is 52.6 Å². The van der Waals surface area contributed by atoms with E-state index in [0.717, 1.165) is 6.42 Å². The number of carbonyl (C=O) groups is 2. The molecule has 0 radical (unpaired) electrons. The molecule has 2 rings (SSSR count). The predicted octanol–water partition coefficient (Wildman–Crippen LogP) is 3.03. The quantitative estimate of drug-likeness (QED) is 0.460. The second kappa shape index (κ2) is 6.42. The van der Waals surface area contributed by atoms with E-state index >= 15 is 0 Å². The van der Waals surface area contributed by atoms with Crippen LogP contribution in [-0.2, 0) is 16.0 Å². The van der Waals surface area contributed by atoms with Crippen molar-refractivity contribution in [2.24, 2.45) is 5.41 Å². The SMILES string of the molecule is CCCCOC(=O)C1(C(F)F)Cc2ccc(OC)cc2C1=O. The summed E-state index contributed by atoms with van der Waals surface area (Å²) < 4.78 is 37.1. The largest absolute Gasteiger partial charge is 0.497 e. The minimum atomic E-state index is -3.12. The first-order valence-corrected chi connectivity index (χ1v) is 7.14. The first-order chi connectivity index (χ1) is 10.5. The summed E-state index contributed by atoms with van der Waals surface area (Å²) in [6.45, 7) is 1.93. The lowest BCUT2D eigenvalue weighted by atomic mass is 9.84. The predicted molar refractivity (Wildman–Crippen MR) is 75.3 cm³/mol. The highest BCUT2D eigenvalue weighted by Gasteiger charge is 2.59. The van der Waals surface area contributed by atoms with E-state index in [4.69, 9.17) is 9.47 Å². The Balaban J connectivity index is 2.34. The zero-order chi connectivity index (χ0) is 16.3. The average molecular weight is 312 g/mol. The molecule has 0 N–H and O–H groups in total. The summed E-state index contributed by atoms with van der Waals surface area (Å²) in [5.74, 6) is -1.65. The van der Waals surface area contributed by atoms with Crippen molar-refractivity contribution in [3.05, 3.63) is 29.3 Å². The van der Waals surface area contributed by atoms with E-state index in [9.17, 15) is 18.4 Å². The van der Waals surface area contributed by atoms with Gasteiger partial charge in [-0.3, -0.25) is 9.59 Å². The summed E-state index contributed by atoms with van der Waals surface area (Å²) >= 11 is 0. The van der Waals surface area contributed by atoms with Crippen LogP contribution in [0.3, 0.4) is 0 Å². The molecule has 1 aliphatic rings. The van der Waals surface area contributed by atoms with Gasteiger partial charge in [-0.15, -0.1) is 0 Å². The van der Waals surface area contributed by atoms with Crippen LogP contribution in [0.1, 0.15) is 35.7 Å². The van der Waals surface area contributed by atoms with E-state index in [1.54, 1.807) is 6.07 Å². The van der Waals surface area contributed by atoms with E-state index in [0.29, 0.717) is 17.7 Å². The number of methoxy groups -OCH3 is 1. The Labute approximate surface area is 127 Å². The number of Topliss-reactive ketones (excluding diaryl/α,β-unsaturated/α-hetero) is 1. The summed E-state index contributed by atoms with van der Waals surface area (Å²) in [6, 6.07) is 4.51. The molecule has 4 nitrogen and oxygen atoms in total. The van der Waals surface area contributed by atoms with E-state index in [1.165, 1.54) is 19.2 Å². The van der Waals surface area contributed by atoms with E-state index in [1.807, 2.05) is 6.92 Å². The van der Waals surface area contributed by atoms with Gasteiger partial charge < -0.3 is 9.47 Å². The zero-order valence-electron chi connectivity index (χ0n) is 12.5. The molecule has 1 atom stereocenters. The maximum Gasteiger partial charge on any atom is 0.326 e. The highest BCUT2D eigenvalue weighted by atomic mass is 19.3. The number of halogens is 2. The second-order valence-corrected chi connectivity index (χ2v) is 5.29. The van der Waals surface area contributed by atoms with Gasteiger partial charge in [0.2, 0.25) is 0 Å². The van der Waals surface area contributed by atoms with Gasteiger partial charge in [0, 0.05) is 12.0 Å². The lowest BCUT2D eigenvalue weighted by Gasteiger charge is -2.24. The van der Waals surface area contributed by atoms with Crippen LogP contribution in [0.15, 0.2) is 18.2 Å². The third-order valence-corrected chi connectivity index (χ3v) is 3.90. The molecule has 1 unspecified atom stereocenters. The van der Waals surface area contributed by atoms with Crippen molar-refractivity contribution in [1.29, 1.82) is 0 Å². The summed E-state index contributed by atoms with van der Waals surface area (Å²) in [4.78, 5) is 24.6. The van der Waals surface area contributed by atoms with Crippen LogP contribution >= 0.6 is 0 Å². The van der Waals surface area contributed by atoms with Crippen molar-refractivity contribution >= 4 is 11.8 Å². The zero-order valence-corrected chi connectivity index (χ0v) is 12.5. The summed E-state index contributed by atoms with van der Waals surface area (Å²) in [5, 5.41) is 0. The molecule has 1 aromatic carbocycles. The van der Waals surface area contributed by atoms with Gasteiger partial charge in [0.25, 0.3) is 6.43 Å². The number of alkyl halides is 2. The molecule has 1 aromatic rings. The molecular formula is C16H18F2O4. The molecule has 0 spiro atoms. The number of rotatable bonds is 6. The van der Waals surface area contributed by atoms with Gasteiger partial charge in [0.1, 0.15) is 5.75 Å². The summed E-state index contributed by atoms with van der Waals surface area (Å²) in [7, 11) is 1.42. The molecule has 0 saturated heterocycles. The number of carbonyl (C=O) groups excluding carboxylic acids is 2. The molecule has 120 valence electrons. The molecule has 0 saturated carbocycles. The van der Waals surface area contributed by atoms with Gasteiger partial charge >= 0.3 is 5.97 Å². The van der Waals surface area contributed by atoms with Crippen LogP contribution < -0.4 is 4.74 Å². The van der Waals surface area contributed by atoms with Gasteiger partial charge in [0.15, 0.2) is 11.2 Å². The standard InChI is InChI=1S/C16H18F2O4/c1-3-4-7-22-15(20)16(14(17)18)9-10-5-6-11(21-2)8-12(10)13(16)19/h5-6,8,14H,3-4,7,9H2,1-2H3. The van der Waals surface area contributed by atoms with Crippen LogP contribution in [0.4, 0.5) is 8.78 Å². The van der Waals surface area contributed by atoms with Crippen molar-refractivity contribution in [3.8, 4) is 5.75 Å². The molecule has 0 fully saturated rings. The van der Waals surface area contributed by atoms with Gasteiger partial charge in [-0.05, 0) is 24.1 Å². The molecule has 1 aliphatic carbocycles. The van der Waals surface area contributed by atoms with Crippen molar-refractivity contribution in [2.75, 3.05) is 13.7 Å². The molecular weight excluding hydrogens is 294 g/mol. The Morgan fingerprint density at radius 1 is 1.41 bits per heavy atom. The van der Waals surface area contributed by atoms with Crippen molar-refractivity contribution < 1.29 is 27.8 Å². The Morgan fingerprint density at radius 2 is 2.14 bits per heavy atom. The van der Waals surface area contributed by atoms with Crippen LogP contribution in [0.2, 0.25) is 0 Å². The molecule has 6 heteroatoms. The van der Waals surface area contributed by atoms with Gasteiger partial charge in [-0.25, -0.2) is 8.78 Å². The summed E-state index contributed by atoms with van der Waals surface area (Å²) in [5.41, 5.74) is -1.91. The number of fused-ring (bicyclic) bond motifs is 1. The number of hydrogen-bond acceptors (Lipinski definition) is 4. The fourth-order valence-corrected chi connectivity index (χ4v) is 2.54. The number of esters is 1. The maximum absolute atomic E-state index is 13.6. The number of ketones is 1. The van der Waals surface area contributed by atoms with Gasteiger partial charge in [-0.1, -0.05) is 19.4 Å². The molecule has 0 aliphatic heterocycles. The second-order valence-electron chi connectivity index (χ2n) is 5.29. The Morgan fingerprint density at radius 3 is 2.73 bits per heavy atom. The van der Waals surface area contributed by atoms with Crippen molar-refractivity contribution in [3.63, 3.8) is 0 Å². The maximum atomic E-state index is 13.6. The monoisotopic (exact) mass is 312 g/mol. The third-order valence-electron chi connectivity index (χ3n) is 3.90. The van der Waals surface area contributed by atoms with Crippen molar-refractivity contribution in [1.82, 2.24) is 0 Å². The van der Waals surface area contributed by atoms with Crippen molar-refractivity contribution in [2.45, 2.75) is 32.6 Å². The van der Waals surface area contributed by atoms with Gasteiger partial charge in [0.05, 0.1) is 13.7 Å². The normalized spacial score (nSPS) is 20.1. The van der Waals surface area contributed by atoms with Crippen LogP contribution in [0.25, 0.3) is 0 Å². The smallest absolute Gasteiger partial charge is 0.326 e. The first kappa shape index (κ1) is 16.4. The minimum absolute atomic E-state index is 0.0384. The number of hydrogen-bond donors (Lipinski definition) is 0. The first-order valence-electron chi connectivity index (χ1n) is 7.14.